The van der Waals surface area contributed by atoms with E-state index < -0.39 is 0 Å². The molecule has 6 heteroatoms. The van der Waals surface area contributed by atoms with E-state index in [4.69, 9.17) is 4.42 Å². The highest BCUT2D eigenvalue weighted by atomic mass is 16.6. The zero-order chi connectivity index (χ0) is 19.3. The van der Waals surface area contributed by atoms with E-state index in [9.17, 15) is 10.1 Å². The van der Waals surface area contributed by atoms with Gasteiger partial charge in [0.2, 0.25) is 0 Å². The molecule has 3 aromatic rings. The van der Waals surface area contributed by atoms with Crippen LogP contribution in [0.5, 0.6) is 0 Å². The van der Waals surface area contributed by atoms with Gasteiger partial charge in [0.15, 0.2) is 5.76 Å². The summed E-state index contributed by atoms with van der Waals surface area (Å²) < 4.78 is 6.00. The number of rotatable bonds is 6. The van der Waals surface area contributed by atoms with Gasteiger partial charge in [0.1, 0.15) is 45.0 Å². The molecule has 6 nitrogen and oxygen atoms in total. The third-order valence-corrected chi connectivity index (χ3v) is 5.41. The Morgan fingerprint density at radius 3 is 2.11 bits per heavy atom. The lowest BCUT2D eigenvalue weighted by Gasteiger charge is -2.29. The minimum absolute atomic E-state index is 0.0934. The predicted molar refractivity (Wildman–Crippen MR) is 106 cm³/mol. The van der Waals surface area contributed by atoms with Gasteiger partial charge in [-0.1, -0.05) is 30.3 Å². The largest absolute Gasteiger partial charge is 0.455 e. The van der Waals surface area contributed by atoms with Gasteiger partial charge in [-0.15, -0.1) is 0 Å². The van der Waals surface area contributed by atoms with E-state index in [0.29, 0.717) is 0 Å². The molecule has 0 spiro atoms. The van der Waals surface area contributed by atoms with Crippen molar-refractivity contribution in [2.45, 2.75) is 13.1 Å². The van der Waals surface area contributed by atoms with Crippen molar-refractivity contribution in [1.29, 1.82) is 0 Å². The van der Waals surface area contributed by atoms with Crippen molar-refractivity contribution < 1.29 is 19.1 Å². The van der Waals surface area contributed by atoms with Crippen LogP contribution >= 0.6 is 0 Å². The average Bonchev–Trinajstić information content (AvgIpc) is 3.19. The smallest absolute Gasteiger partial charge is 0.269 e. The standard InChI is InChI=1S/C22H23N3O3/c26-25(27)20-8-6-19(7-9-20)22-11-10-21(28-22)17-24-14-12-23(13-15-24)16-18-4-2-1-3-5-18/h1-11H,12-17H2/p+2. The van der Waals surface area contributed by atoms with E-state index in [1.54, 1.807) is 21.9 Å². The molecule has 0 amide bonds. The Bertz CT molecular complexity index is 914. The Morgan fingerprint density at radius 1 is 0.821 bits per heavy atom. The maximum atomic E-state index is 10.8. The van der Waals surface area contributed by atoms with Gasteiger partial charge < -0.3 is 14.2 Å². The molecule has 0 saturated carbocycles. The molecule has 4 rings (SSSR count). The van der Waals surface area contributed by atoms with Crippen molar-refractivity contribution in [3.05, 3.63) is 88.2 Å². The number of benzene rings is 2. The van der Waals surface area contributed by atoms with Gasteiger partial charge in [0.25, 0.3) is 5.69 Å². The number of piperazine rings is 1. The molecular formula is C22H25N3O3+2. The highest BCUT2D eigenvalue weighted by Crippen LogP contribution is 2.24. The van der Waals surface area contributed by atoms with Crippen molar-refractivity contribution >= 4 is 5.69 Å². The van der Waals surface area contributed by atoms with Crippen molar-refractivity contribution in [2.75, 3.05) is 26.2 Å². The number of quaternary nitrogens is 2. The van der Waals surface area contributed by atoms with Gasteiger partial charge in [0.05, 0.1) is 4.92 Å². The van der Waals surface area contributed by atoms with Crippen LogP contribution in [0.25, 0.3) is 11.3 Å². The fourth-order valence-electron chi connectivity index (χ4n) is 3.82. The zero-order valence-electron chi connectivity index (χ0n) is 15.8. The lowest BCUT2D eigenvalue weighted by Crippen LogP contribution is -3.27. The Hall–Kier alpha value is -2.96. The predicted octanol–water partition coefficient (Wildman–Crippen LogP) is 1.34. The van der Waals surface area contributed by atoms with Crippen LogP contribution in [0.3, 0.4) is 0 Å². The van der Waals surface area contributed by atoms with Crippen molar-refractivity contribution in [2.24, 2.45) is 0 Å². The van der Waals surface area contributed by atoms with E-state index >= 15 is 0 Å². The molecule has 2 heterocycles. The number of nitro groups is 1. The SMILES string of the molecule is O=[N+]([O-])c1ccc(-c2ccc(C[NH+]3CC[NH+](Cc4ccccc4)CC3)o2)cc1. The Balaban J connectivity index is 1.30. The van der Waals surface area contributed by atoms with Crippen molar-refractivity contribution in [1.82, 2.24) is 0 Å². The number of hydrogen-bond acceptors (Lipinski definition) is 3. The summed E-state index contributed by atoms with van der Waals surface area (Å²) in [6.07, 6.45) is 0. The lowest BCUT2D eigenvalue weighted by molar-refractivity contribution is -1.02. The van der Waals surface area contributed by atoms with Gasteiger partial charge in [-0.2, -0.15) is 0 Å². The van der Waals surface area contributed by atoms with Crippen LogP contribution in [-0.2, 0) is 13.1 Å². The molecular weight excluding hydrogens is 354 g/mol. The Labute approximate surface area is 164 Å². The summed E-state index contributed by atoms with van der Waals surface area (Å²) in [5.74, 6) is 1.73. The second-order valence-corrected chi connectivity index (χ2v) is 7.41. The fourth-order valence-corrected chi connectivity index (χ4v) is 3.82. The molecule has 1 aliphatic heterocycles. The minimum atomic E-state index is -0.389. The van der Waals surface area contributed by atoms with Crippen molar-refractivity contribution in [3.63, 3.8) is 0 Å². The summed E-state index contributed by atoms with van der Waals surface area (Å²) in [5, 5.41) is 10.8. The van der Waals surface area contributed by atoms with Crippen molar-refractivity contribution in [3.8, 4) is 11.3 Å². The molecule has 0 bridgehead atoms. The molecule has 1 saturated heterocycles. The molecule has 2 aromatic carbocycles. The molecule has 1 aromatic heterocycles. The highest BCUT2D eigenvalue weighted by Gasteiger charge is 2.24. The first kappa shape index (κ1) is 18.4. The topological polar surface area (TPSA) is 65.2 Å². The van der Waals surface area contributed by atoms with Gasteiger partial charge in [-0.3, -0.25) is 10.1 Å². The number of nitrogens with zero attached hydrogens (tertiary/aromatic N) is 1. The van der Waals surface area contributed by atoms with E-state index in [-0.39, 0.29) is 10.6 Å². The summed E-state index contributed by atoms with van der Waals surface area (Å²) in [5.41, 5.74) is 2.36. The molecule has 1 aliphatic rings. The van der Waals surface area contributed by atoms with Gasteiger partial charge in [-0.25, -0.2) is 0 Å². The summed E-state index contributed by atoms with van der Waals surface area (Å²) in [7, 11) is 0. The Morgan fingerprint density at radius 2 is 1.46 bits per heavy atom. The molecule has 2 N–H and O–H groups in total. The fraction of sp³-hybridized carbons (Fsp3) is 0.273. The summed E-state index contributed by atoms with van der Waals surface area (Å²) >= 11 is 0. The van der Waals surface area contributed by atoms with Crippen LogP contribution in [0.15, 0.2) is 71.1 Å². The number of non-ortho nitro benzene ring substituents is 1. The summed E-state index contributed by atoms with van der Waals surface area (Å²) in [4.78, 5) is 13.6. The highest BCUT2D eigenvalue weighted by molar-refractivity contribution is 5.59. The third-order valence-electron chi connectivity index (χ3n) is 5.41. The van der Waals surface area contributed by atoms with Gasteiger partial charge in [-0.05, 0) is 24.3 Å². The maximum Gasteiger partial charge on any atom is 0.269 e. The number of hydrogen-bond donors (Lipinski definition) is 2. The van der Waals surface area contributed by atoms with Crippen LogP contribution in [0.4, 0.5) is 5.69 Å². The molecule has 144 valence electrons. The zero-order valence-corrected chi connectivity index (χ0v) is 15.8. The Kier molecular flexibility index (Phi) is 5.50. The van der Waals surface area contributed by atoms with Crippen LogP contribution in [0.2, 0.25) is 0 Å². The molecule has 28 heavy (non-hydrogen) atoms. The number of nitrogens with one attached hydrogen (secondary N) is 2. The first-order valence-corrected chi connectivity index (χ1v) is 9.72. The van der Waals surface area contributed by atoms with Gasteiger partial charge >= 0.3 is 0 Å². The molecule has 0 atom stereocenters. The average molecular weight is 379 g/mol. The second kappa shape index (κ2) is 8.37. The second-order valence-electron chi connectivity index (χ2n) is 7.41. The number of nitro benzene ring substituents is 1. The van der Waals surface area contributed by atoms with E-state index in [0.717, 1.165) is 43.3 Å². The molecule has 0 unspecified atom stereocenters. The van der Waals surface area contributed by atoms with E-state index in [2.05, 4.69) is 30.3 Å². The minimum Gasteiger partial charge on any atom is -0.455 e. The van der Waals surface area contributed by atoms with Crippen LogP contribution < -0.4 is 9.80 Å². The van der Waals surface area contributed by atoms with E-state index in [1.165, 1.54) is 30.8 Å². The molecule has 0 aliphatic carbocycles. The first-order valence-electron chi connectivity index (χ1n) is 9.72. The third kappa shape index (κ3) is 4.47. The summed E-state index contributed by atoms with van der Waals surface area (Å²) in [6, 6.07) is 21.2. The van der Waals surface area contributed by atoms with Crippen LogP contribution in [0.1, 0.15) is 11.3 Å². The van der Waals surface area contributed by atoms with Crippen LogP contribution in [-0.4, -0.2) is 31.1 Å². The van der Waals surface area contributed by atoms with E-state index in [1.807, 2.05) is 12.1 Å². The number of furan rings is 1. The summed E-state index contributed by atoms with van der Waals surface area (Å²) in [6.45, 7) is 6.58. The maximum absolute atomic E-state index is 10.8. The van der Waals surface area contributed by atoms with Crippen LogP contribution in [0, 0.1) is 10.1 Å². The molecule has 0 radical (unpaired) electrons. The normalized spacial score (nSPS) is 19.4. The lowest BCUT2D eigenvalue weighted by atomic mass is 10.1. The quantitative estimate of drug-likeness (QED) is 0.502. The first-order chi connectivity index (χ1) is 13.7. The molecule has 1 fully saturated rings. The monoisotopic (exact) mass is 379 g/mol. The van der Waals surface area contributed by atoms with Gasteiger partial charge in [0, 0.05) is 23.3 Å².